The second kappa shape index (κ2) is 5.51. The summed E-state index contributed by atoms with van der Waals surface area (Å²) in [5.41, 5.74) is 2.65. The molecule has 0 saturated carbocycles. The molecule has 0 bridgehead atoms. The number of hydrogen-bond acceptors (Lipinski definition) is 4. The molecule has 23 heavy (non-hydrogen) atoms. The molecular weight excluding hydrogens is 378 g/mol. The summed E-state index contributed by atoms with van der Waals surface area (Å²) < 4.78 is 0.864. The average molecular weight is 395 g/mol. The van der Waals surface area contributed by atoms with E-state index in [1.165, 1.54) is 15.3 Å². The first-order valence-corrected chi connectivity index (χ1v) is 9.15. The molecule has 0 aliphatic carbocycles. The van der Waals surface area contributed by atoms with Crippen LogP contribution in [0.2, 0.25) is 0 Å². The highest BCUT2D eigenvalue weighted by Crippen LogP contribution is 2.40. The van der Waals surface area contributed by atoms with Crippen LogP contribution >= 0.6 is 27.3 Å². The Balaban J connectivity index is 1.73. The average Bonchev–Trinajstić information content (AvgIpc) is 2.87. The molecule has 5 nitrogen and oxygen atoms in total. The van der Waals surface area contributed by atoms with E-state index in [9.17, 15) is 9.90 Å². The summed E-state index contributed by atoms with van der Waals surface area (Å²) in [7, 11) is 2.18. The molecule has 120 valence electrons. The Kier molecular flexibility index (Phi) is 3.59. The number of anilines is 1. The fourth-order valence-electron chi connectivity index (χ4n) is 3.24. The van der Waals surface area contributed by atoms with E-state index in [-0.39, 0.29) is 11.7 Å². The monoisotopic (exact) mass is 394 g/mol. The van der Waals surface area contributed by atoms with Crippen LogP contribution in [-0.4, -0.2) is 24.6 Å². The molecular formula is C16H17BrN3O2S+. The lowest BCUT2D eigenvalue weighted by Gasteiger charge is -2.27. The number of amides is 1. The number of thiophene rings is 1. The third-order valence-corrected chi connectivity index (χ3v) is 6.09. The predicted molar refractivity (Wildman–Crippen MR) is 93.1 cm³/mol. The maximum absolute atomic E-state index is 12.6. The zero-order valence-electron chi connectivity index (χ0n) is 12.6. The number of nitrogens with one attached hydrogen (secondary N) is 3. The number of carbonyl (C=O) groups excluding carboxylic acids is 1. The van der Waals surface area contributed by atoms with Gasteiger partial charge in [0.2, 0.25) is 0 Å². The van der Waals surface area contributed by atoms with Gasteiger partial charge in [0, 0.05) is 16.5 Å². The van der Waals surface area contributed by atoms with Crippen molar-refractivity contribution in [3.63, 3.8) is 0 Å². The molecule has 0 spiro atoms. The molecule has 1 aromatic heterocycles. The number of rotatable bonds is 1. The molecule has 2 aliphatic heterocycles. The zero-order chi connectivity index (χ0) is 16.1. The Labute approximate surface area is 146 Å². The maximum atomic E-state index is 12.6. The minimum Gasteiger partial charge on any atom is -0.508 e. The Hall–Kier alpha value is -1.57. The van der Waals surface area contributed by atoms with Crippen LogP contribution in [0.25, 0.3) is 0 Å². The topological polar surface area (TPSA) is 65.8 Å². The molecule has 4 rings (SSSR count). The largest absolute Gasteiger partial charge is 0.508 e. The third-order valence-electron chi connectivity index (χ3n) is 4.43. The molecule has 2 aliphatic rings. The molecule has 2 aromatic rings. The summed E-state index contributed by atoms with van der Waals surface area (Å²) >= 11 is 5.08. The van der Waals surface area contributed by atoms with E-state index in [1.54, 1.807) is 23.5 Å². The fraction of sp³-hybridized carbons (Fsp3) is 0.312. The minimum atomic E-state index is -0.419. The zero-order valence-corrected chi connectivity index (χ0v) is 15.0. The van der Waals surface area contributed by atoms with Gasteiger partial charge in [-0.1, -0.05) is 15.9 Å². The van der Waals surface area contributed by atoms with Crippen molar-refractivity contribution in [3.8, 4) is 5.75 Å². The van der Waals surface area contributed by atoms with Crippen LogP contribution in [0.15, 0.2) is 22.7 Å². The predicted octanol–water partition coefficient (Wildman–Crippen LogP) is 1.64. The lowest BCUT2D eigenvalue weighted by atomic mass is 10.0. The smallest absolute Gasteiger partial charge is 0.256 e. The summed E-state index contributed by atoms with van der Waals surface area (Å²) in [5.74, 6) is 0.111. The van der Waals surface area contributed by atoms with Crippen molar-refractivity contribution in [1.82, 2.24) is 5.32 Å². The SMILES string of the molecule is C[NH+]1CCc2c(sc3c2C(=O)N[C@H](c2cc(Br)ccc2O)N3)C1. The standard InChI is InChI=1S/C16H16BrN3O2S/c1-20-5-4-9-12(7-20)23-16-13(9)15(22)18-14(19-16)10-6-8(17)2-3-11(10)21/h2-3,6,14,19,21H,4-5,7H2,1H3,(H,18,22)/p+1/t14-/m0/s1. The number of halogens is 1. The Morgan fingerprint density at radius 3 is 3.04 bits per heavy atom. The lowest BCUT2D eigenvalue weighted by molar-refractivity contribution is -0.895. The van der Waals surface area contributed by atoms with Crippen molar-refractivity contribution in [3.05, 3.63) is 44.2 Å². The van der Waals surface area contributed by atoms with E-state index in [0.717, 1.165) is 34.5 Å². The normalized spacial score (nSPS) is 22.8. The summed E-state index contributed by atoms with van der Waals surface area (Å²) in [6, 6.07) is 5.22. The first-order valence-electron chi connectivity index (χ1n) is 7.54. The number of carbonyl (C=O) groups is 1. The number of fused-ring (bicyclic) bond motifs is 3. The van der Waals surface area contributed by atoms with Crippen LogP contribution in [0.1, 0.15) is 32.5 Å². The van der Waals surface area contributed by atoms with Gasteiger partial charge < -0.3 is 20.6 Å². The number of aromatic hydroxyl groups is 1. The molecule has 0 radical (unpaired) electrons. The molecule has 1 aromatic carbocycles. The summed E-state index contributed by atoms with van der Waals surface area (Å²) in [6.45, 7) is 2.02. The van der Waals surface area contributed by atoms with Crippen molar-refractivity contribution < 1.29 is 14.8 Å². The van der Waals surface area contributed by atoms with Crippen molar-refractivity contribution in [2.45, 2.75) is 19.1 Å². The summed E-state index contributed by atoms with van der Waals surface area (Å²) in [4.78, 5) is 15.4. The van der Waals surface area contributed by atoms with Crippen molar-refractivity contribution in [2.24, 2.45) is 0 Å². The van der Waals surface area contributed by atoms with Gasteiger partial charge in [-0.3, -0.25) is 4.79 Å². The van der Waals surface area contributed by atoms with Crippen molar-refractivity contribution in [1.29, 1.82) is 0 Å². The summed E-state index contributed by atoms with van der Waals surface area (Å²) in [6.07, 6.45) is 0.521. The maximum Gasteiger partial charge on any atom is 0.256 e. The van der Waals surface area contributed by atoms with Gasteiger partial charge >= 0.3 is 0 Å². The van der Waals surface area contributed by atoms with Crippen LogP contribution in [-0.2, 0) is 13.0 Å². The van der Waals surface area contributed by atoms with E-state index in [1.807, 2.05) is 6.07 Å². The first-order chi connectivity index (χ1) is 11.0. The molecule has 3 heterocycles. The molecule has 1 unspecified atom stereocenters. The first kappa shape index (κ1) is 15.0. The van der Waals surface area contributed by atoms with Gasteiger partial charge in [-0.15, -0.1) is 11.3 Å². The van der Waals surface area contributed by atoms with E-state index >= 15 is 0 Å². The second-order valence-corrected chi connectivity index (χ2v) is 8.12. The molecule has 1 amide bonds. The quantitative estimate of drug-likeness (QED) is 0.594. The number of likely N-dealkylation sites (N-methyl/N-ethyl adjacent to an activating group) is 1. The highest BCUT2D eigenvalue weighted by Gasteiger charge is 2.34. The van der Waals surface area contributed by atoms with Crippen molar-refractivity contribution in [2.75, 3.05) is 18.9 Å². The minimum absolute atomic E-state index is 0.0554. The van der Waals surface area contributed by atoms with Gasteiger partial charge in [-0.25, -0.2) is 0 Å². The van der Waals surface area contributed by atoms with E-state index < -0.39 is 6.17 Å². The molecule has 4 N–H and O–H groups in total. The highest BCUT2D eigenvalue weighted by atomic mass is 79.9. The van der Waals surface area contributed by atoms with Gasteiger partial charge in [-0.2, -0.15) is 0 Å². The number of phenolic OH excluding ortho intramolecular Hbond substituents is 1. The number of hydrogen-bond donors (Lipinski definition) is 4. The van der Waals surface area contributed by atoms with Crippen LogP contribution in [0.4, 0.5) is 5.00 Å². The molecule has 2 atom stereocenters. The fourth-order valence-corrected chi connectivity index (χ4v) is 5.01. The van der Waals surface area contributed by atoms with E-state index in [4.69, 9.17) is 0 Å². The summed E-state index contributed by atoms with van der Waals surface area (Å²) in [5, 5.41) is 17.4. The second-order valence-electron chi connectivity index (χ2n) is 6.10. The molecule has 0 fully saturated rings. The lowest BCUT2D eigenvalue weighted by Crippen LogP contribution is -3.08. The number of quaternary nitrogens is 1. The van der Waals surface area contributed by atoms with Crippen LogP contribution in [0, 0.1) is 0 Å². The molecule has 7 heteroatoms. The van der Waals surface area contributed by atoms with E-state index in [0.29, 0.717) is 5.56 Å². The van der Waals surface area contributed by atoms with E-state index in [2.05, 4.69) is 33.6 Å². The van der Waals surface area contributed by atoms with Gasteiger partial charge in [0.15, 0.2) is 0 Å². The Morgan fingerprint density at radius 2 is 2.22 bits per heavy atom. The van der Waals surface area contributed by atoms with Gasteiger partial charge in [0.1, 0.15) is 23.5 Å². The van der Waals surface area contributed by atoms with Crippen LogP contribution < -0.4 is 15.5 Å². The third kappa shape index (κ3) is 2.52. The molecule has 0 saturated heterocycles. The number of benzene rings is 1. The Morgan fingerprint density at radius 1 is 1.39 bits per heavy atom. The Bertz CT molecular complexity index is 805. The highest BCUT2D eigenvalue weighted by molar-refractivity contribution is 9.10. The van der Waals surface area contributed by atoms with Gasteiger partial charge in [-0.05, 0) is 23.8 Å². The van der Waals surface area contributed by atoms with Gasteiger partial charge in [0.25, 0.3) is 5.91 Å². The van der Waals surface area contributed by atoms with Crippen molar-refractivity contribution >= 4 is 38.2 Å². The van der Waals surface area contributed by atoms with Crippen LogP contribution in [0.3, 0.4) is 0 Å². The number of phenols is 1. The van der Waals surface area contributed by atoms with Crippen LogP contribution in [0.5, 0.6) is 5.75 Å². The van der Waals surface area contributed by atoms with Gasteiger partial charge in [0.05, 0.1) is 24.0 Å².